The molecule has 2 aromatic carbocycles. The Labute approximate surface area is 162 Å². The average molecular weight is 387 g/mol. The van der Waals surface area contributed by atoms with Crippen molar-refractivity contribution in [2.45, 2.75) is 20.0 Å². The fourth-order valence-electron chi connectivity index (χ4n) is 2.31. The van der Waals surface area contributed by atoms with Crippen LogP contribution in [0.4, 0.5) is 10.1 Å². The molecule has 148 valence electrons. The van der Waals surface area contributed by atoms with Crippen molar-refractivity contribution in [2.75, 3.05) is 19.0 Å². The molecule has 2 rings (SSSR count). The number of carbonyl (C=O) groups excluding carboxylic acids is 2. The van der Waals surface area contributed by atoms with Crippen molar-refractivity contribution in [1.82, 2.24) is 0 Å². The topological polar surface area (TPSA) is 73.9 Å². The molecule has 0 bridgehead atoms. The van der Waals surface area contributed by atoms with E-state index in [4.69, 9.17) is 14.2 Å². The van der Waals surface area contributed by atoms with Gasteiger partial charge >= 0.3 is 5.97 Å². The number of ether oxygens (including phenoxy) is 3. The van der Waals surface area contributed by atoms with Gasteiger partial charge in [-0.25, -0.2) is 9.18 Å². The van der Waals surface area contributed by atoms with Gasteiger partial charge in [-0.1, -0.05) is 12.1 Å². The number of halogens is 1. The van der Waals surface area contributed by atoms with Crippen LogP contribution in [0, 0.1) is 5.82 Å². The molecular weight excluding hydrogens is 365 g/mol. The van der Waals surface area contributed by atoms with E-state index in [0.29, 0.717) is 23.7 Å². The van der Waals surface area contributed by atoms with Gasteiger partial charge in [-0.15, -0.1) is 0 Å². The van der Waals surface area contributed by atoms with Crippen LogP contribution in [-0.4, -0.2) is 31.7 Å². The lowest BCUT2D eigenvalue weighted by Gasteiger charge is -2.12. The summed E-state index contributed by atoms with van der Waals surface area (Å²) >= 11 is 0. The maximum absolute atomic E-state index is 13.2. The van der Waals surface area contributed by atoms with Crippen molar-refractivity contribution in [3.63, 3.8) is 0 Å². The minimum Gasteiger partial charge on any atom is -0.493 e. The quantitative estimate of drug-likeness (QED) is 0.551. The molecule has 0 aliphatic heterocycles. The molecule has 0 heterocycles. The number of benzene rings is 2. The predicted octanol–water partition coefficient (Wildman–Crippen LogP) is 3.82. The standard InChI is InChI=1S/C21H22FNO5/c1-4-27-19-12-15(8-10-18(19)26-3)9-11-20(24)28-14(2)21(25)23-17-7-5-6-16(22)13-17/h5-14H,4H2,1-3H3,(H,23,25)/b11-9+/t14-/m1/s1. The minimum absolute atomic E-state index is 0.283. The third-order valence-corrected chi connectivity index (χ3v) is 3.65. The number of esters is 1. The Bertz CT molecular complexity index is 866. The van der Waals surface area contributed by atoms with Crippen LogP contribution in [0.3, 0.4) is 0 Å². The maximum Gasteiger partial charge on any atom is 0.331 e. The fourth-order valence-corrected chi connectivity index (χ4v) is 2.31. The van der Waals surface area contributed by atoms with Crippen molar-refractivity contribution < 1.29 is 28.2 Å². The zero-order valence-corrected chi connectivity index (χ0v) is 15.9. The Kier molecular flexibility index (Phi) is 7.56. The van der Waals surface area contributed by atoms with Crippen LogP contribution in [0.15, 0.2) is 48.5 Å². The number of hydrogen-bond donors (Lipinski definition) is 1. The molecule has 28 heavy (non-hydrogen) atoms. The number of nitrogens with one attached hydrogen (secondary N) is 1. The molecule has 0 saturated carbocycles. The second-order valence-corrected chi connectivity index (χ2v) is 5.76. The number of amides is 1. The summed E-state index contributed by atoms with van der Waals surface area (Å²) in [6, 6.07) is 10.7. The summed E-state index contributed by atoms with van der Waals surface area (Å²) in [7, 11) is 1.54. The molecule has 6 nitrogen and oxygen atoms in total. The molecule has 1 N–H and O–H groups in total. The second-order valence-electron chi connectivity index (χ2n) is 5.76. The highest BCUT2D eigenvalue weighted by Gasteiger charge is 2.17. The van der Waals surface area contributed by atoms with Crippen LogP contribution in [-0.2, 0) is 14.3 Å². The van der Waals surface area contributed by atoms with E-state index >= 15 is 0 Å². The second kappa shape index (κ2) is 10.1. The van der Waals surface area contributed by atoms with Crippen molar-refractivity contribution in [1.29, 1.82) is 0 Å². The average Bonchev–Trinajstić information content (AvgIpc) is 2.66. The van der Waals surface area contributed by atoms with Gasteiger partial charge < -0.3 is 19.5 Å². The SMILES string of the molecule is CCOc1cc(/C=C/C(=O)O[C@H](C)C(=O)Nc2cccc(F)c2)ccc1OC. The maximum atomic E-state index is 13.2. The zero-order valence-electron chi connectivity index (χ0n) is 15.9. The smallest absolute Gasteiger partial charge is 0.331 e. The molecule has 7 heteroatoms. The molecule has 0 aliphatic carbocycles. The fraction of sp³-hybridized carbons (Fsp3) is 0.238. The van der Waals surface area contributed by atoms with Gasteiger partial charge in [0.1, 0.15) is 5.82 Å². The van der Waals surface area contributed by atoms with Gasteiger partial charge in [0.05, 0.1) is 13.7 Å². The lowest BCUT2D eigenvalue weighted by Crippen LogP contribution is -2.29. The number of methoxy groups -OCH3 is 1. The molecular formula is C21H22FNO5. The van der Waals surface area contributed by atoms with E-state index in [0.717, 1.165) is 0 Å². The zero-order chi connectivity index (χ0) is 20.5. The summed E-state index contributed by atoms with van der Waals surface area (Å²) in [6.07, 6.45) is 1.71. The Morgan fingerprint density at radius 2 is 1.96 bits per heavy atom. The summed E-state index contributed by atoms with van der Waals surface area (Å²) in [5.41, 5.74) is 0.989. The van der Waals surface area contributed by atoms with Gasteiger partial charge in [-0.05, 0) is 55.8 Å². The molecule has 0 aromatic heterocycles. The molecule has 0 spiro atoms. The molecule has 0 unspecified atom stereocenters. The van der Waals surface area contributed by atoms with Crippen LogP contribution in [0.2, 0.25) is 0 Å². The molecule has 0 saturated heterocycles. The lowest BCUT2D eigenvalue weighted by atomic mass is 10.2. The van der Waals surface area contributed by atoms with Crippen LogP contribution >= 0.6 is 0 Å². The van der Waals surface area contributed by atoms with Crippen LogP contribution in [0.5, 0.6) is 11.5 Å². The monoisotopic (exact) mass is 387 g/mol. The van der Waals surface area contributed by atoms with Crippen molar-refractivity contribution in [3.05, 3.63) is 59.9 Å². The van der Waals surface area contributed by atoms with Crippen molar-refractivity contribution >= 4 is 23.6 Å². The molecule has 0 radical (unpaired) electrons. The van der Waals surface area contributed by atoms with E-state index in [1.54, 1.807) is 31.4 Å². The van der Waals surface area contributed by atoms with Gasteiger partial charge in [0.2, 0.25) is 0 Å². The lowest BCUT2D eigenvalue weighted by molar-refractivity contribution is -0.148. The van der Waals surface area contributed by atoms with E-state index < -0.39 is 23.8 Å². The van der Waals surface area contributed by atoms with E-state index in [1.165, 1.54) is 37.3 Å². The third-order valence-electron chi connectivity index (χ3n) is 3.65. The largest absolute Gasteiger partial charge is 0.493 e. The van der Waals surface area contributed by atoms with Crippen molar-refractivity contribution in [2.24, 2.45) is 0 Å². The highest BCUT2D eigenvalue weighted by Crippen LogP contribution is 2.28. The van der Waals surface area contributed by atoms with E-state index in [2.05, 4.69) is 5.32 Å². The third kappa shape index (κ3) is 6.12. The molecule has 0 aliphatic rings. The Hall–Kier alpha value is -3.35. The molecule has 0 fully saturated rings. The van der Waals surface area contributed by atoms with E-state index in [1.807, 2.05) is 6.92 Å². The summed E-state index contributed by atoms with van der Waals surface area (Å²) in [5.74, 6) is -0.574. The highest BCUT2D eigenvalue weighted by molar-refractivity contribution is 5.96. The van der Waals surface area contributed by atoms with Crippen molar-refractivity contribution in [3.8, 4) is 11.5 Å². The highest BCUT2D eigenvalue weighted by atomic mass is 19.1. The van der Waals surface area contributed by atoms with Gasteiger partial charge in [0, 0.05) is 11.8 Å². The number of anilines is 1. The van der Waals surface area contributed by atoms with Gasteiger partial charge in [0.25, 0.3) is 5.91 Å². The summed E-state index contributed by atoms with van der Waals surface area (Å²) in [6.45, 7) is 3.76. The van der Waals surface area contributed by atoms with Crippen LogP contribution in [0.1, 0.15) is 19.4 Å². The van der Waals surface area contributed by atoms with Gasteiger partial charge in [0.15, 0.2) is 17.6 Å². The van der Waals surface area contributed by atoms with Crippen LogP contribution < -0.4 is 14.8 Å². The molecule has 1 amide bonds. The minimum atomic E-state index is -1.05. The first-order valence-corrected chi connectivity index (χ1v) is 8.69. The van der Waals surface area contributed by atoms with Gasteiger partial charge in [-0.2, -0.15) is 0 Å². The number of hydrogen-bond acceptors (Lipinski definition) is 5. The molecule has 1 atom stereocenters. The summed E-state index contributed by atoms with van der Waals surface area (Å²) in [5, 5.41) is 2.49. The van der Waals surface area contributed by atoms with Crippen LogP contribution in [0.25, 0.3) is 6.08 Å². The van der Waals surface area contributed by atoms with E-state index in [-0.39, 0.29) is 5.69 Å². The Morgan fingerprint density at radius 3 is 2.64 bits per heavy atom. The van der Waals surface area contributed by atoms with E-state index in [9.17, 15) is 14.0 Å². The first kappa shape index (κ1) is 21.0. The Morgan fingerprint density at radius 1 is 1.18 bits per heavy atom. The first-order valence-electron chi connectivity index (χ1n) is 8.69. The summed E-state index contributed by atoms with van der Waals surface area (Å²) < 4.78 is 28.9. The normalized spacial score (nSPS) is 11.7. The Balaban J connectivity index is 1.95. The number of rotatable bonds is 8. The first-order chi connectivity index (χ1) is 13.4. The predicted molar refractivity (Wildman–Crippen MR) is 104 cm³/mol. The van der Waals surface area contributed by atoms with Gasteiger partial charge in [-0.3, -0.25) is 4.79 Å². The number of carbonyl (C=O) groups is 2. The molecule has 2 aromatic rings. The summed E-state index contributed by atoms with van der Waals surface area (Å²) in [4.78, 5) is 24.0.